The van der Waals surface area contributed by atoms with Gasteiger partial charge in [0, 0.05) is 24.4 Å². The fraction of sp³-hybridized carbons (Fsp3) is 0.421. The van der Waals surface area contributed by atoms with Crippen LogP contribution in [-0.4, -0.2) is 46.6 Å². The number of carboxylic acid groups (broad SMARTS) is 1. The Hall–Kier alpha value is -2.41. The number of nitrogens with zero attached hydrogens (tertiary/aromatic N) is 2. The van der Waals surface area contributed by atoms with Crippen molar-refractivity contribution in [2.75, 3.05) is 19.7 Å². The number of aliphatic carboxylic acids is 1. The highest BCUT2D eigenvalue weighted by Crippen LogP contribution is 2.44. The van der Waals surface area contributed by atoms with Gasteiger partial charge in [-0.1, -0.05) is 18.2 Å². The minimum absolute atomic E-state index is 0.0720. The number of para-hydroxylation sites is 1. The van der Waals surface area contributed by atoms with Crippen LogP contribution in [0.4, 0.5) is 0 Å². The molecular formula is C19H20N2O4S. The molecule has 1 fully saturated rings. The first-order valence-corrected chi connectivity index (χ1v) is 9.49. The predicted octanol–water partition coefficient (Wildman–Crippen LogP) is 2.16. The van der Waals surface area contributed by atoms with Crippen molar-refractivity contribution in [3.63, 3.8) is 0 Å². The topological polar surface area (TPSA) is 79.7 Å². The van der Waals surface area contributed by atoms with Crippen molar-refractivity contribution in [1.82, 2.24) is 9.88 Å². The van der Waals surface area contributed by atoms with Crippen LogP contribution in [0.5, 0.6) is 5.75 Å². The van der Waals surface area contributed by atoms with E-state index in [9.17, 15) is 14.7 Å². The van der Waals surface area contributed by atoms with Crippen LogP contribution >= 0.6 is 11.3 Å². The zero-order valence-electron chi connectivity index (χ0n) is 14.5. The molecule has 3 heterocycles. The second-order valence-electron chi connectivity index (χ2n) is 7.06. The van der Waals surface area contributed by atoms with Gasteiger partial charge >= 0.3 is 5.97 Å². The van der Waals surface area contributed by atoms with Crippen molar-refractivity contribution >= 4 is 23.2 Å². The van der Waals surface area contributed by atoms with E-state index in [1.165, 1.54) is 11.3 Å². The quantitative estimate of drug-likeness (QED) is 0.893. The molecule has 6 nitrogen and oxygen atoms in total. The number of aryl methyl sites for hydroxylation is 1. The standard InChI is InChI=1S/C19H20N2O4S/c1-12-20-15(10-26-12)6-17(22)21-8-14-9-25-16-5-3-2-4-13(16)7-19(14,11-21)18(23)24/h2-5,10,14H,6-9,11H2,1H3,(H,23,24). The monoisotopic (exact) mass is 372 g/mol. The van der Waals surface area contributed by atoms with E-state index in [1.54, 1.807) is 4.90 Å². The fourth-order valence-electron chi connectivity index (χ4n) is 3.97. The van der Waals surface area contributed by atoms with Gasteiger partial charge < -0.3 is 14.7 Å². The smallest absolute Gasteiger partial charge is 0.312 e. The summed E-state index contributed by atoms with van der Waals surface area (Å²) in [6.45, 7) is 2.83. The molecule has 7 heteroatoms. The average Bonchev–Trinajstić information content (AvgIpc) is 3.14. The lowest BCUT2D eigenvalue weighted by Gasteiger charge is -2.27. The van der Waals surface area contributed by atoms with Crippen molar-refractivity contribution in [3.05, 3.63) is 45.9 Å². The van der Waals surface area contributed by atoms with Crippen molar-refractivity contribution in [3.8, 4) is 5.75 Å². The molecule has 1 N–H and O–H groups in total. The summed E-state index contributed by atoms with van der Waals surface area (Å²) < 4.78 is 5.88. The van der Waals surface area contributed by atoms with Crippen LogP contribution in [0.1, 0.15) is 16.3 Å². The highest BCUT2D eigenvalue weighted by atomic mass is 32.1. The minimum atomic E-state index is -1.000. The van der Waals surface area contributed by atoms with Crippen molar-refractivity contribution < 1.29 is 19.4 Å². The van der Waals surface area contributed by atoms with Crippen LogP contribution in [0.2, 0.25) is 0 Å². The van der Waals surface area contributed by atoms with Crippen LogP contribution in [0, 0.1) is 18.3 Å². The second-order valence-corrected chi connectivity index (χ2v) is 8.12. The summed E-state index contributed by atoms with van der Waals surface area (Å²) in [5.74, 6) is -0.410. The molecule has 0 saturated carbocycles. The molecule has 1 aromatic heterocycles. The van der Waals surface area contributed by atoms with Gasteiger partial charge in [-0.3, -0.25) is 9.59 Å². The number of hydrogen-bond acceptors (Lipinski definition) is 5. The largest absolute Gasteiger partial charge is 0.493 e. The van der Waals surface area contributed by atoms with E-state index in [1.807, 2.05) is 36.6 Å². The Bertz CT molecular complexity index is 865. The first kappa shape index (κ1) is 17.0. The number of amides is 1. The summed E-state index contributed by atoms with van der Waals surface area (Å²) in [7, 11) is 0. The Labute approximate surface area is 155 Å². The summed E-state index contributed by atoms with van der Waals surface area (Å²) in [5.41, 5.74) is 0.637. The molecule has 4 rings (SSSR count). The molecule has 2 aromatic rings. The molecule has 0 aliphatic carbocycles. The molecule has 0 spiro atoms. The van der Waals surface area contributed by atoms with E-state index in [-0.39, 0.29) is 24.8 Å². The summed E-state index contributed by atoms with van der Waals surface area (Å²) in [5, 5.41) is 12.8. The van der Waals surface area contributed by atoms with Crippen LogP contribution < -0.4 is 4.74 Å². The number of hydrogen-bond donors (Lipinski definition) is 1. The Morgan fingerprint density at radius 3 is 2.96 bits per heavy atom. The van der Waals surface area contributed by atoms with E-state index in [2.05, 4.69) is 4.98 Å². The number of fused-ring (bicyclic) bond motifs is 2. The lowest BCUT2D eigenvalue weighted by Crippen LogP contribution is -2.42. The van der Waals surface area contributed by atoms with Gasteiger partial charge in [0.05, 0.1) is 29.1 Å². The number of rotatable bonds is 3. The van der Waals surface area contributed by atoms with Crippen LogP contribution in [0.25, 0.3) is 0 Å². The lowest BCUT2D eigenvalue weighted by atomic mass is 9.74. The van der Waals surface area contributed by atoms with Crippen molar-refractivity contribution in [1.29, 1.82) is 0 Å². The molecule has 26 heavy (non-hydrogen) atoms. The normalized spacial score (nSPS) is 24.3. The first-order valence-electron chi connectivity index (χ1n) is 8.61. The first-order chi connectivity index (χ1) is 12.5. The van der Waals surface area contributed by atoms with Crippen LogP contribution in [0.3, 0.4) is 0 Å². The van der Waals surface area contributed by atoms with Crippen molar-refractivity contribution in [2.24, 2.45) is 11.3 Å². The molecule has 2 aliphatic heterocycles. The molecule has 0 radical (unpaired) electrons. The third-order valence-corrected chi connectivity index (χ3v) is 6.21. The van der Waals surface area contributed by atoms with Gasteiger partial charge in [0.1, 0.15) is 5.75 Å². The number of ether oxygens (including phenoxy) is 1. The molecule has 2 aliphatic rings. The van der Waals surface area contributed by atoms with Gasteiger partial charge in [0.25, 0.3) is 0 Å². The Kier molecular flexibility index (Phi) is 4.19. The minimum Gasteiger partial charge on any atom is -0.493 e. The molecule has 2 unspecified atom stereocenters. The Morgan fingerprint density at radius 1 is 1.42 bits per heavy atom. The highest BCUT2D eigenvalue weighted by molar-refractivity contribution is 7.09. The Morgan fingerprint density at radius 2 is 2.23 bits per heavy atom. The molecule has 1 amide bonds. The summed E-state index contributed by atoms with van der Waals surface area (Å²) in [6.07, 6.45) is 0.590. The number of likely N-dealkylation sites (tertiary alicyclic amines) is 1. The van der Waals surface area contributed by atoms with Gasteiger partial charge in [0.15, 0.2) is 0 Å². The average molecular weight is 372 g/mol. The van der Waals surface area contributed by atoms with Gasteiger partial charge in [-0.05, 0) is 25.0 Å². The van der Waals surface area contributed by atoms with Crippen LogP contribution in [-0.2, 0) is 22.4 Å². The predicted molar refractivity (Wildman–Crippen MR) is 96.3 cm³/mol. The van der Waals surface area contributed by atoms with E-state index in [0.717, 1.165) is 22.0 Å². The maximum absolute atomic E-state index is 12.7. The number of carbonyl (C=O) groups excluding carboxylic acids is 1. The summed E-state index contributed by atoms with van der Waals surface area (Å²) in [6, 6.07) is 7.56. The van der Waals surface area contributed by atoms with Crippen LogP contribution in [0.15, 0.2) is 29.6 Å². The van der Waals surface area contributed by atoms with Gasteiger partial charge in [-0.2, -0.15) is 0 Å². The number of benzene rings is 1. The Balaban J connectivity index is 1.58. The van der Waals surface area contributed by atoms with E-state index in [4.69, 9.17) is 4.74 Å². The highest BCUT2D eigenvalue weighted by Gasteiger charge is 2.55. The third kappa shape index (κ3) is 2.86. The van der Waals surface area contributed by atoms with E-state index in [0.29, 0.717) is 19.6 Å². The maximum Gasteiger partial charge on any atom is 0.312 e. The number of carbonyl (C=O) groups is 2. The summed E-state index contributed by atoms with van der Waals surface area (Å²) in [4.78, 5) is 31.0. The molecule has 1 aromatic carbocycles. The zero-order valence-corrected chi connectivity index (χ0v) is 15.3. The fourth-order valence-corrected chi connectivity index (χ4v) is 4.58. The van der Waals surface area contributed by atoms with Crippen molar-refractivity contribution in [2.45, 2.75) is 19.8 Å². The van der Waals surface area contributed by atoms with E-state index < -0.39 is 11.4 Å². The number of carboxylic acids is 1. The van der Waals surface area contributed by atoms with Gasteiger partial charge in [-0.15, -0.1) is 11.3 Å². The molecule has 136 valence electrons. The van der Waals surface area contributed by atoms with Gasteiger partial charge in [-0.25, -0.2) is 4.98 Å². The van der Waals surface area contributed by atoms with E-state index >= 15 is 0 Å². The molecule has 2 atom stereocenters. The maximum atomic E-state index is 12.7. The number of aromatic nitrogens is 1. The zero-order chi connectivity index (χ0) is 18.3. The lowest BCUT2D eigenvalue weighted by molar-refractivity contribution is -0.151. The summed E-state index contributed by atoms with van der Waals surface area (Å²) >= 11 is 1.51. The molecule has 0 bridgehead atoms. The molecule has 1 saturated heterocycles. The van der Waals surface area contributed by atoms with Gasteiger partial charge in [0.2, 0.25) is 5.91 Å². The molecular weight excluding hydrogens is 352 g/mol. The number of thiazole rings is 1. The second kappa shape index (κ2) is 6.39. The third-order valence-electron chi connectivity index (χ3n) is 5.39. The SMILES string of the molecule is Cc1nc(CC(=O)N2CC3COc4ccccc4CC3(C(=O)O)C2)cs1.